The topological polar surface area (TPSA) is 46.3 Å². The molecule has 0 aliphatic carbocycles. The van der Waals surface area contributed by atoms with Gasteiger partial charge in [0.2, 0.25) is 5.91 Å². The summed E-state index contributed by atoms with van der Waals surface area (Å²) in [6.45, 7) is 3.24. The Morgan fingerprint density at radius 1 is 1.40 bits per heavy atom. The van der Waals surface area contributed by atoms with Gasteiger partial charge in [-0.3, -0.25) is 4.79 Å². The fourth-order valence-electron chi connectivity index (χ4n) is 1.32. The quantitative estimate of drug-likeness (QED) is 0.849. The molecule has 0 aliphatic heterocycles. The summed E-state index contributed by atoms with van der Waals surface area (Å²) in [4.78, 5) is 13.1. The Kier molecular flexibility index (Phi) is 4.59. The molecule has 4 heteroatoms. The van der Waals surface area contributed by atoms with Crippen LogP contribution in [0.15, 0.2) is 24.3 Å². The van der Waals surface area contributed by atoms with E-state index < -0.39 is 0 Å². The molecule has 0 heterocycles. The Hall–Kier alpha value is -1.06. The second-order valence-electron chi connectivity index (χ2n) is 3.24. The minimum Gasteiger partial charge on any atom is -0.338 e. The Balaban J connectivity index is 2.66. The van der Waals surface area contributed by atoms with Crippen molar-refractivity contribution in [1.82, 2.24) is 4.90 Å². The van der Waals surface area contributed by atoms with Crippen LogP contribution in [0.2, 0.25) is 5.02 Å². The Bertz CT molecular complexity index is 324. The van der Waals surface area contributed by atoms with Gasteiger partial charge in [0.05, 0.1) is 6.54 Å². The molecule has 82 valence electrons. The zero-order valence-electron chi connectivity index (χ0n) is 8.74. The first kappa shape index (κ1) is 12.0. The van der Waals surface area contributed by atoms with Gasteiger partial charge < -0.3 is 10.6 Å². The van der Waals surface area contributed by atoms with E-state index in [1.54, 1.807) is 4.90 Å². The highest BCUT2D eigenvalue weighted by Crippen LogP contribution is 2.11. The molecule has 15 heavy (non-hydrogen) atoms. The van der Waals surface area contributed by atoms with Crippen LogP contribution in [0.3, 0.4) is 0 Å². The molecule has 1 amide bonds. The Labute approximate surface area is 94.8 Å². The van der Waals surface area contributed by atoms with Gasteiger partial charge in [-0.05, 0) is 24.6 Å². The third-order valence-corrected chi connectivity index (χ3v) is 2.45. The van der Waals surface area contributed by atoms with Gasteiger partial charge in [-0.2, -0.15) is 0 Å². The van der Waals surface area contributed by atoms with Crippen LogP contribution in [0.4, 0.5) is 0 Å². The smallest absolute Gasteiger partial charge is 0.236 e. The first-order valence-electron chi connectivity index (χ1n) is 4.89. The molecule has 0 saturated carbocycles. The molecule has 0 bridgehead atoms. The van der Waals surface area contributed by atoms with Gasteiger partial charge in [0, 0.05) is 18.1 Å². The second-order valence-corrected chi connectivity index (χ2v) is 3.67. The summed E-state index contributed by atoms with van der Waals surface area (Å²) in [6.07, 6.45) is 0. The molecule has 1 rings (SSSR count). The van der Waals surface area contributed by atoms with Crippen molar-refractivity contribution in [2.75, 3.05) is 13.1 Å². The van der Waals surface area contributed by atoms with Gasteiger partial charge in [0.1, 0.15) is 0 Å². The molecule has 0 atom stereocenters. The highest BCUT2D eigenvalue weighted by molar-refractivity contribution is 6.30. The van der Waals surface area contributed by atoms with Gasteiger partial charge in [-0.25, -0.2) is 0 Å². The summed E-state index contributed by atoms with van der Waals surface area (Å²) in [5, 5.41) is 0.701. The van der Waals surface area contributed by atoms with Crippen LogP contribution in [-0.4, -0.2) is 23.9 Å². The molecule has 1 aromatic rings. The molecule has 0 fully saturated rings. The van der Waals surface area contributed by atoms with Gasteiger partial charge in [-0.15, -0.1) is 0 Å². The molecule has 1 aromatic carbocycles. The largest absolute Gasteiger partial charge is 0.338 e. The van der Waals surface area contributed by atoms with Crippen molar-refractivity contribution < 1.29 is 4.79 Å². The molecule has 0 unspecified atom stereocenters. The van der Waals surface area contributed by atoms with E-state index in [4.69, 9.17) is 17.3 Å². The van der Waals surface area contributed by atoms with Gasteiger partial charge in [0.25, 0.3) is 0 Å². The lowest BCUT2D eigenvalue weighted by Crippen LogP contribution is -2.35. The fraction of sp³-hybridized carbons (Fsp3) is 0.364. The van der Waals surface area contributed by atoms with E-state index in [-0.39, 0.29) is 12.5 Å². The van der Waals surface area contributed by atoms with E-state index in [1.807, 2.05) is 31.2 Å². The van der Waals surface area contributed by atoms with Crippen LogP contribution >= 0.6 is 11.6 Å². The van der Waals surface area contributed by atoms with Crippen LogP contribution in [0.1, 0.15) is 12.5 Å². The lowest BCUT2D eigenvalue weighted by molar-refractivity contribution is -0.130. The molecule has 0 radical (unpaired) electrons. The van der Waals surface area contributed by atoms with Crippen LogP contribution < -0.4 is 5.73 Å². The predicted molar refractivity (Wildman–Crippen MR) is 61.6 cm³/mol. The first-order valence-corrected chi connectivity index (χ1v) is 5.27. The first-order chi connectivity index (χ1) is 7.17. The van der Waals surface area contributed by atoms with Crippen molar-refractivity contribution in [1.29, 1.82) is 0 Å². The van der Waals surface area contributed by atoms with E-state index >= 15 is 0 Å². The molecule has 0 aromatic heterocycles. The third kappa shape index (κ3) is 3.53. The van der Waals surface area contributed by atoms with E-state index in [9.17, 15) is 4.79 Å². The maximum absolute atomic E-state index is 11.4. The van der Waals surface area contributed by atoms with Gasteiger partial charge >= 0.3 is 0 Å². The summed E-state index contributed by atoms with van der Waals surface area (Å²) in [5.74, 6) is -0.0348. The normalized spacial score (nSPS) is 10.1. The van der Waals surface area contributed by atoms with Crippen LogP contribution in [0.5, 0.6) is 0 Å². The number of nitrogens with two attached hydrogens (primary N) is 1. The number of carbonyl (C=O) groups excluding carboxylic acids is 1. The lowest BCUT2D eigenvalue weighted by Gasteiger charge is -2.20. The summed E-state index contributed by atoms with van der Waals surface area (Å²) >= 11 is 5.77. The molecule has 0 saturated heterocycles. The van der Waals surface area contributed by atoms with E-state index in [2.05, 4.69) is 0 Å². The molecular formula is C11H15ClN2O. The SMILES string of the molecule is CCN(Cc1ccc(Cl)cc1)C(=O)CN. The van der Waals surface area contributed by atoms with Crippen molar-refractivity contribution in [2.45, 2.75) is 13.5 Å². The average molecular weight is 227 g/mol. The van der Waals surface area contributed by atoms with Crippen molar-refractivity contribution in [2.24, 2.45) is 5.73 Å². The highest BCUT2D eigenvalue weighted by atomic mass is 35.5. The van der Waals surface area contributed by atoms with E-state index in [1.165, 1.54) is 0 Å². The lowest BCUT2D eigenvalue weighted by atomic mass is 10.2. The van der Waals surface area contributed by atoms with Crippen molar-refractivity contribution in [3.8, 4) is 0 Å². The average Bonchev–Trinajstić information content (AvgIpc) is 2.27. The number of amides is 1. The predicted octanol–water partition coefficient (Wildman–Crippen LogP) is 1.65. The summed E-state index contributed by atoms with van der Waals surface area (Å²) in [5.41, 5.74) is 6.37. The van der Waals surface area contributed by atoms with Crippen LogP contribution in [0, 0.1) is 0 Å². The number of benzene rings is 1. The number of rotatable bonds is 4. The number of halogens is 1. The third-order valence-electron chi connectivity index (χ3n) is 2.20. The maximum atomic E-state index is 11.4. The monoisotopic (exact) mass is 226 g/mol. The number of likely N-dealkylation sites (N-methyl/N-ethyl adjacent to an activating group) is 1. The number of hydrogen-bond donors (Lipinski definition) is 1. The zero-order chi connectivity index (χ0) is 11.3. The molecular weight excluding hydrogens is 212 g/mol. The number of carbonyl (C=O) groups is 1. The standard InChI is InChI=1S/C11H15ClN2O/c1-2-14(11(15)7-13)8-9-3-5-10(12)6-4-9/h3-6H,2,7-8,13H2,1H3. The summed E-state index contributed by atoms with van der Waals surface area (Å²) < 4.78 is 0. The van der Waals surface area contributed by atoms with Crippen LogP contribution in [-0.2, 0) is 11.3 Å². The summed E-state index contributed by atoms with van der Waals surface area (Å²) in [6, 6.07) is 7.46. The summed E-state index contributed by atoms with van der Waals surface area (Å²) in [7, 11) is 0. The maximum Gasteiger partial charge on any atom is 0.236 e. The van der Waals surface area contributed by atoms with Gasteiger partial charge in [-0.1, -0.05) is 23.7 Å². The van der Waals surface area contributed by atoms with Crippen molar-refractivity contribution >= 4 is 17.5 Å². The van der Waals surface area contributed by atoms with Gasteiger partial charge in [0.15, 0.2) is 0 Å². The highest BCUT2D eigenvalue weighted by Gasteiger charge is 2.09. The number of hydrogen-bond acceptors (Lipinski definition) is 2. The van der Waals surface area contributed by atoms with Crippen molar-refractivity contribution in [3.63, 3.8) is 0 Å². The van der Waals surface area contributed by atoms with E-state index in [0.29, 0.717) is 18.1 Å². The zero-order valence-corrected chi connectivity index (χ0v) is 9.50. The fourth-order valence-corrected chi connectivity index (χ4v) is 1.44. The minimum absolute atomic E-state index is 0.0348. The number of nitrogens with zero attached hydrogens (tertiary/aromatic N) is 1. The minimum atomic E-state index is -0.0348. The van der Waals surface area contributed by atoms with Crippen LogP contribution in [0.25, 0.3) is 0 Å². The van der Waals surface area contributed by atoms with Crippen molar-refractivity contribution in [3.05, 3.63) is 34.9 Å². The molecule has 3 nitrogen and oxygen atoms in total. The Morgan fingerprint density at radius 2 is 2.00 bits per heavy atom. The van der Waals surface area contributed by atoms with E-state index in [0.717, 1.165) is 5.56 Å². The molecule has 2 N–H and O–H groups in total. The molecule has 0 spiro atoms. The molecule has 0 aliphatic rings. The second kappa shape index (κ2) is 5.73. The Morgan fingerprint density at radius 3 is 2.47 bits per heavy atom.